The van der Waals surface area contributed by atoms with Gasteiger partial charge in [0.15, 0.2) is 0 Å². The zero-order valence-electron chi connectivity index (χ0n) is 11.3. The molecule has 1 N–H and O–H groups in total. The van der Waals surface area contributed by atoms with Crippen molar-refractivity contribution in [1.29, 1.82) is 0 Å². The van der Waals surface area contributed by atoms with Gasteiger partial charge in [0, 0.05) is 41.9 Å². The molecule has 0 saturated carbocycles. The molecule has 1 aromatic carbocycles. The smallest absolute Gasteiger partial charge is 0.0429 e. The molecule has 98 valence electrons. The molecule has 0 bridgehead atoms. The van der Waals surface area contributed by atoms with Gasteiger partial charge >= 0.3 is 0 Å². The second-order valence-electron chi connectivity index (χ2n) is 6.05. The van der Waals surface area contributed by atoms with Crippen molar-refractivity contribution in [2.75, 3.05) is 30.7 Å². The van der Waals surface area contributed by atoms with Crippen molar-refractivity contribution in [3.63, 3.8) is 0 Å². The average Bonchev–Trinajstić information content (AvgIpc) is 2.69. The predicted octanol–water partition coefficient (Wildman–Crippen LogP) is 2.85. The van der Waals surface area contributed by atoms with Crippen LogP contribution < -0.4 is 5.32 Å². The maximum Gasteiger partial charge on any atom is 0.0429 e. The van der Waals surface area contributed by atoms with Crippen LogP contribution in [0.3, 0.4) is 0 Å². The number of fused-ring (bicyclic) bond motifs is 1. The van der Waals surface area contributed by atoms with E-state index in [2.05, 4.69) is 60.1 Å². The molecule has 2 aliphatic heterocycles. The van der Waals surface area contributed by atoms with Crippen LogP contribution >= 0.6 is 11.8 Å². The summed E-state index contributed by atoms with van der Waals surface area (Å²) in [4.78, 5) is 2.63. The third kappa shape index (κ3) is 2.67. The minimum Gasteiger partial charge on any atom is -0.380 e. The van der Waals surface area contributed by atoms with Crippen molar-refractivity contribution >= 4 is 17.4 Å². The van der Waals surface area contributed by atoms with Gasteiger partial charge in [-0.1, -0.05) is 18.2 Å². The number of nitrogens with one attached hydrogen (secondary N) is 1. The van der Waals surface area contributed by atoms with Crippen LogP contribution in [0.2, 0.25) is 0 Å². The lowest BCUT2D eigenvalue weighted by Gasteiger charge is -2.38. The van der Waals surface area contributed by atoms with Crippen molar-refractivity contribution in [2.24, 2.45) is 0 Å². The Kier molecular flexibility index (Phi) is 3.29. The number of hydrogen-bond donors (Lipinski definition) is 1. The third-order valence-electron chi connectivity index (χ3n) is 3.83. The molecule has 2 nitrogen and oxygen atoms in total. The molecular weight excluding hydrogens is 240 g/mol. The molecule has 0 spiro atoms. The summed E-state index contributed by atoms with van der Waals surface area (Å²) in [6.45, 7) is 8.36. The summed E-state index contributed by atoms with van der Waals surface area (Å²) in [7, 11) is 0. The molecule has 2 aliphatic rings. The van der Waals surface area contributed by atoms with E-state index in [0.29, 0.717) is 10.8 Å². The molecule has 0 radical (unpaired) electrons. The fraction of sp³-hybridized carbons (Fsp3) is 0.600. The molecule has 3 heteroatoms. The monoisotopic (exact) mass is 262 g/mol. The first-order valence-corrected chi connectivity index (χ1v) is 7.82. The van der Waals surface area contributed by atoms with Gasteiger partial charge < -0.3 is 5.32 Å². The second kappa shape index (κ2) is 4.78. The molecule has 1 fully saturated rings. The van der Waals surface area contributed by atoms with Crippen molar-refractivity contribution in [1.82, 2.24) is 4.90 Å². The van der Waals surface area contributed by atoms with Gasteiger partial charge in [-0.15, -0.1) is 0 Å². The number of benzene rings is 1. The van der Waals surface area contributed by atoms with Crippen LogP contribution in [0.1, 0.15) is 19.4 Å². The Bertz CT molecular complexity index is 405. The Morgan fingerprint density at radius 2 is 2.22 bits per heavy atom. The Morgan fingerprint density at radius 1 is 1.39 bits per heavy atom. The maximum absolute atomic E-state index is 3.66. The highest BCUT2D eigenvalue weighted by molar-refractivity contribution is 8.00. The van der Waals surface area contributed by atoms with E-state index in [-0.39, 0.29) is 0 Å². The minimum atomic E-state index is 0.420. The molecule has 18 heavy (non-hydrogen) atoms. The molecule has 3 rings (SSSR count). The van der Waals surface area contributed by atoms with Crippen molar-refractivity contribution in [2.45, 2.75) is 31.1 Å². The first kappa shape index (κ1) is 12.4. The summed E-state index contributed by atoms with van der Waals surface area (Å²) in [5, 5.41) is 3.66. The number of para-hydroxylation sites is 1. The van der Waals surface area contributed by atoms with Crippen molar-refractivity contribution in [3.05, 3.63) is 29.8 Å². The Balaban J connectivity index is 1.59. The van der Waals surface area contributed by atoms with E-state index in [1.54, 1.807) is 0 Å². The molecule has 0 aliphatic carbocycles. The van der Waals surface area contributed by atoms with Crippen LogP contribution in [0.15, 0.2) is 24.3 Å². The lowest BCUT2D eigenvalue weighted by atomic mass is 10.1. The summed E-state index contributed by atoms with van der Waals surface area (Å²) < 4.78 is 0.420. The van der Waals surface area contributed by atoms with Gasteiger partial charge in [-0.2, -0.15) is 11.8 Å². The second-order valence-corrected chi connectivity index (χ2v) is 7.85. The topological polar surface area (TPSA) is 15.3 Å². The zero-order valence-corrected chi connectivity index (χ0v) is 12.1. The van der Waals surface area contributed by atoms with Gasteiger partial charge in [-0.3, -0.25) is 4.90 Å². The highest BCUT2D eigenvalue weighted by atomic mass is 32.2. The highest BCUT2D eigenvalue weighted by Gasteiger charge is 2.29. The number of thioether (sulfide) groups is 1. The molecule has 2 heterocycles. The Hall–Kier alpha value is -0.670. The lowest BCUT2D eigenvalue weighted by molar-refractivity contribution is 0.251. The van der Waals surface area contributed by atoms with E-state index >= 15 is 0 Å². The summed E-state index contributed by atoms with van der Waals surface area (Å²) in [5.74, 6) is 1.27. The van der Waals surface area contributed by atoms with Gasteiger partial charge in [-0.25, -0.2) is 0 Å². The highest BCUT2D eigenvalue weighted by Crippen LogP contribution is 2.31. The zero-order chi connectivity index (χ0) is 12.6. The average molecular weight is 262 g/mol. The van der Waals surface area contributed by atoms with E-state index in [1.165, 1.54) is 43.1 Å². The largest absolute Gasteiger partial charge is 0.380 e. The lowest BCUT2D eigenvalue weighted by Crippen LogP contribution is -2.47. The van der Waals surface area contributed by atoms with E-state index in [0.717, 1.165) is 0 Å². The van der Waals surface area contributed by atoms with Crippen LogP contribution in [0.25, 0.3) is 0 Å². The Morgan fingerprint density at radius 3 is 3.00 bits per heavy atom. The molecule has 1 unspecified atom stereocenters. The number of hydrogen-bond acceptors (Lipinski definition) is 3. The van der Waals surface area contributed by atoms with Crippen LogP contribution in [0.4, 0.5) is 5.69 Å². The molecule has 1 aromatic rings. The summed E-state index contributed by atoms with van der Waals surface area (Å²) >= 11 is 2.11. The van der Waals surface area contributed by atoms with E-state index < -0.39 is 0 Å². The molecule has 1 saturated heterocycles. The van der Waals surface area contributed by atoms with Gasteiger partial charge in [-0.05, 0) is 31.9 Å². The fourth-order valence-electron chi connectivity index (χ4n) is 3.07. The predicted molar refractivity (Wildman–Crippen MR) is 80.5 cm³/mol. The van der Waals surface area contributed by atoms with Crippen molar-refractivity contribution < 1.29 is 0 Å². The Labute approximate surface area is 114 Å². The number of rotatable bonds is 2. The van der Waals surface area contributed by atoms with E-state index in [4.69, 9.17) is 0 Å². The molecule has 0 amide bonds. The standard InChI is InChI=1S/C15H22N2S/c1-15(2)11-17(7-8-18-15)10-13-9-12-5-3-4-6-14(12)16-13/h3-6,13,16H,7-11H2,1-2H3. The molecular formula is C15H22N2S. The minimum absolute atomic E-state index is 0.420. The first-order chi connectivity index (χ1) is 8.62. The normalized spacial score (nSPS) is 26.7. The summed E-state index contributed by atoms with van der Waals surface area (Å²) in [6, 6.07) is 9.31. The number of anilines is 1. The van der Waals surface area contributed by atoms with Gasteiger partial charge in [0.05, 0.1) is 0 Å². The van der Waals surface area contributed by atoms with E-state index in [1.807, 2.05) is 0 Å². The van der Waals surface area contributed by atoms with Crippen LogP contribution in [-0.2, 0) is 6.42 Å². The molecule has 0 aromatic heterocycles. The third-order valence-corrected chi connectivity index (χ3v) is 5.12. The summed E-state index contributed by atoms with van der Waals surface area (Å²) in [5.41, 5.74) is 2.82. The fourth-order valence-corrected chi connectivity index (χ4v) is 4.24. The maximum atomic E-state index is 3.66. The number of nitrogens with zero attached hydrogens (tertiary/aromatic N) is 1. The van der Waals surface area contributed by atoms with Gasteiger partial charge in [0.2, 0.25) is 0 Å². The SMILES string of the molecule is CC1(C)CN(CC2Cc3ccccc3N2)CCS1. The summed E-state index contributed by atoms with van der Waals surface area (Å²) in [6.07, 6.45) is 1.18. The quantitative estimate of drug-likeness (QED) is 0.882. The van der Waals surface area contributed by atoms with Gasteiger partial charge in [0.1, 0.15) is 0 Å². The van der Waals surface area contributed by atoms with Crippen LogP contribution in [0, 0.1) is 0 Å². The van der Waals surface area contributed by atoms with E-state index in [9.17, 15) is 0 Å². The first-order valence-electron chi connectivity index (χ1n) is 6.83. The molecule has 1 atom stereocenters. The van der Waals surface area contributed by atoms with Crippen LogP contribution in [0.5, 0.6) is 0 Å². The van der Waals surface area contributed by atoms with Crippen molar-refractivity contribution in [3.8, 4) is 0 Å². The van der Waals surface area contributed by atoms with Gasteiger partial charge in [0.25, 0.3) is 0 Å². The van der Waals surface area contributed by atoms with Crippen LogP contribution in [-0.4, -0.2) is 41.1 Å².